The number of nitrogens with zero attached hydrogens (tertiary/aromatic N) is 3. The fourth-order valence-corrected chi connectivity index (χ4v) is 4.39. The van der Waals surface area contributed by atoms with Crippen molar-refractivity contribution in [3.8, 4) is 5.75 Å². The van der Waals surface area contributed by atoms with E-state index >= 15 is 0 Å². The molecule has 0 radical (unpaired) electrons. The van der Waals surface area contributed by atoms with E-state index in [2.05, 4.69) is 5.32 Å². The number of benzene rings is 3. The molecular formula is C30H32N4O5. The first-order valence-electron chi connectivity index (χ1n) is 12.5. The number of fused-ring (bicyclic) bond motifs is 1. The molecule has 3 amide bonds. The van der Waals surface area contributed by atoms with E-state index in [1.54, 1.807) is 69.5 Å². The molecule has 0 aromatic heterocycles. The first kappa shape index (κ1) is 27.4. The second kappa shape index (κ2) is 11.0. The van der Waals surface area contributed by atoms with E-state index in [1.165, 1.54) is 9.80 Å². The summed E-state index contributed by atoms with van der Waals surface area (Å²) in [5.41, 5.74) is 1.66. The van der Waals surface area contributed by atoms with Gasteiger partial charge in [0.15, 0.2) is 0 Å². The summed E-state index contributed by atoms with van der Waals surface area (Å²) < 4.78 is 5.24. The molecule has 0 unspecified atom stereocenters. The average Bonchev–Trinajstić information content (AvgIpc) is 3.17. The van der Waals surface area contributed by atoms with E-state index in [-0.39, 0.29) is 18.7 Å². The Morgan fingerprint density at radius 3 is 2.18 bits per heavy atom. The van der Waals surface area contributed by atoms with Gasteiger partial charge in [-0.15, -0.1) is 0 Å². The molecule has 39 heavy (non-hydrogen) atoms. The van der Waals surface area contributed by atoms with Crippen LogP contribution < -0.4 is 19.9 Å². The van der Waals surface area contributed by atoms with Crippen molar-refractivity contribution in [2.75, 3.05) is 42.9 Å². The van der Waals surface area contributed by atoms with E-state index in [9.17, 15) is 19.2 Å². The highest BCUT2D eigenvalue weighted by atomic mass is 16.5. The Balaban J connectivity index is 1.62. The molecule has 4 rings (SSSR count). The number of rotatable bonds is 9. The van der Waals surface area contributed by atoms with Gasteiger partial charge in [0.25, 0.3) is 11.7 Å². The number of para-hydroxylation sites is 1. The molecule has 0 spiro atoms. The smallest absolute Gasteiger partial charge is 0.299 e. The molecule has 0 aliphatic carbocycles. The molecule has 9 heteroatoms. The van der Waals surface area contributed by atoms with Gasteiger partial charge in [0, 0.05) is 32.0 Å². The highest BCUT2D eigenvalue weighted by molar-refractivity contribution is 6.52. The number of anilines is 3. The molecule has 3 aromatic rings. The zero-order chi connectivity index (χ0) is 28.3. The minimum atomic E-state index is -1.32. The lowest BCUT2D eigenvalue weighted by atomic mass is 9.99. The monoisotopic (exact) mass is 528 g/mol. The average molecular weight is 529 g/mol. The number of carbonyl (C=O) groups is 4. The van der Waals surface area contributed by atoms with Crippen LogP contribution in [-0.4, -0.2) is 61.7 Å². The zero-order valence-corrected chi connectivity index (χ0v) is 22.7. The Morgan fingerprint density at radius 1 is 0.923 bits per heavy atom. The molecule has 1 aliphatic heterocycles. The zero-order valence-electron chi connectivity index (χ0n) is 22.7. The largest absolute Gasteiger partial charge is 0.497 e. The lowest BCUT2D eigenvalue weighted by molar-refractivity contribution is -0.143. The third-order valence-electron chi connectivity index (χ3n) is 6.85. The second-order valence-electron chi connectivity index (χ2n) is 10.0. The Bertz CT molecular complexity index is 1400. The van der Waals surface area contributed by atoms with Gasteiger partial charge in [0.05, 0.1) is 18.4 Å². The Morgan fingerprint density at radius 2 is 1.56 bits per heavy atom. The van der Waals surface area contributed by atoms with Crippen LogP contribution in [0.3, 0.4) is 0 Å². The van der Waals surface area contributed by atoms with Gasteiger partial charge in [-0.05, 0) is 67.9 Å². The number of ether oxygens (including phenoxy) is 1. The first-order valence-corrected chi connectivity index (χ1v) is 12.5. The quantitative estimate of drug-likeness (QED) is 0.425. The van der Waals surface area contributed by atoms with Crippen LogP contribution in [0.1, 0.15) is 29.8 Å². The van der Waals surface area contributed by atoms with E-state index in [4.69, 9.17) is 4.74 Å². The summed E-state index contributed by atoms with van der Waals surface area (Å²) >= 11 is 0. The Kier molecular flexibility index (Phi) is 7.71. The van der Waals surface area contributed by atoms with Gasteiger partial charge in [-0.1, -0.05) is 24.3 Å². The van der Waals surface area contributed by atoms with Crippen molar-refractivity contribution in [1.29, 1.82) is 0 Å². The molecule has 0 saturated heterocycles. The number of Topliss-reactive ketones (excluding diaryl/α,β-unsaturated/α-hetero) is 1. The van der Waals surface area contributed by atoms with E-state index in [1.807, 2.05) is 43.3 Å². The number of hydrogen-bond acceptors (Lipinski definition) is 6. The summed E-state index contributed by atoms with van der Waals surface area (Å²) in [7, 11) is 5.42. The van der Waals surface area contributed by atoms with E-state index in [0.29, 0.717) is 17.1 Å². The van der Waals surface area contributed by atoms with Crippen molar-refractivity contribution >= 4 is 40.6 Å². The van der Waals surface area contributed by atoms with Gasteiger partial charge in [-0.3, -0.25) is 24.1 Å². The molecular weight excluding hydrogens is 496 g/mol. The van der Waals surface area contributed by atoms with Crippen molar-refractivity contribution < 1.29 is 23.9 Å². The van der Waals surface area contributed by atoms with Crippen LogP contribution in [-0.2, 0) is 20.9 Å². The molecule has 0 bridgehead atoms. The number of amides is 3. The Labute approximate surface area is 228 Å². The van der Waals surface area contributed by atoms with Crippen molar-refractivity contribution in [3.63, 3.8) is 0 Å². The fraction of sp³-hybridized carbons (Fsp3) is 0.267. The minimum absolute atomic E-state index is 0.0977. The maximum absolute atomic E-state index is 13.8. The lowest BCUT2D eigenvalue weighted by Gasteiger charge is -2.38. The number of hydrogen-bond donors (Lipinski definition) is 1. The van der Waals surface area contributed by atoms with Gasteiger partial charge >= 0.3 is 0 Å². The summed E-state index contributed by atoms with van der Waals surface area (Å²) in [5, 5.41) is 2.91. The highest BCUT2D eigenvalue weighted by Crippen LogP contribution is 2.30. The maximum atomic E-state index is 13.8. The number of carbonyl (C=O) groups excluding carboxylic acids is 4. The van der Waals surface area contributed by atoms with Crippen molar-refractivity contribution in [2.45, 2.75) is 25.9 Å². The van der Waals surface area contributed by atoms with E-state index in [0.717, 1.165) is 11.3 Å². The summed E-state index contributed by atoms with van der Waals surface area (Å²) in [4.78, 5) is 57.2. The fourth-order valence-electron chi connectivity index (χ4n) is 4.39. The molecule has 1 aliphatic rings. The Hall–Kier alpha value is -4.66. The number of ketones is 1. The second-order valence-corrected chi connectivity index (χ2v) is 10.0. The molecule has 0 atom stereocenters. The third-order valence-corrected chi connectivity index (χ3v) is 6.85. The van der Waals surface area contributed by atoms with Crippen molar-refractivity contribution in [2.24, 2.45) is 0 Å². The van der Waals surface area contributed by atoms with Gasteiger partial charge in [-0.2, -0.15) is 0 Å². The number of nitrogens with one attached hydrogen (secondary N) is 1. The van der Waals surface area contributed by atoms with Crippen LogP contribution in [0.25, 0.3) is 0 Å². The maximum Gasteiger partial charge on any atom is 0.299 e. The molecule has 1 heterocycles. The molecule has 0 saturated carbocycles. The summed E-state index contributed by atoms with van der Waals surface area (Å²) in [6, 6.07) is 21.1. The topological polar surface area (TPSA) is 99.3 Å². The molecule has 202 valence electrons. The van der Waals surface area contributed by atoms with Crippen LogP contribution >= 0.6 is 0 Å². The summed E-state index contributed by atoms with van der Waals surface area (Å²) in [6.45, 7) is 3.03. The normalized spacial score (nSPS) is 12.7. The van der Waals surface area contributed by atoms with Crippen LogP contribution in [0.2, 0.25) is 0 Å². The first-order chi connectivity index (χ1) is 18.5. The molecule has 0 fully saturated rings. The van der Waals surface area contributed by atoms with Gasteiger partial charge in [0.2, 0.25) is 11.8 Å². The predicted octanol–water partition coefficient (Wildman–Crippen LogP) is 3.74. The number of methoxy groups -OCH3 is 1. The van der Waals surface area contributed by atoms with Crippen LogP contribution in [0, 0.1) is 0 Å². The minimum Gasteiger partial charge on any atom is -0.497 e. The van der Waals surface area contributed by atoms with Gasteiger partial charge in [-0.25, -0.2) is 0 Å². The molecule has 1 N–H and O–H groups in total. The highest BCUT2D eigenvalue weighted by Gasteiger charge is 2.42. The predicted molar refractivity (Wildman–Crippen MR) is 150 cm³/mol. The van der Waals surface area contributed by atoms with Crippen LogP contribution in [0.4, 0.5) is 17.1 Å². The third kappa shape index (κ3) is 5.62. The molecule has 9 nitrogen and oxygen atoms in total. The standard InChI is InChI=1S/C30H32N4O5/c1-30(2,29(38)31-21-12-14-22(15-13-21)32(3)4)34(18-20-10-16-23(39-5)17-11-20)26(35)19-33-25-9-7-6-8-24(25)27(36)28(33)37/h6-17H,18-19H2,1-5H3,(H,31,38). The lowest BCUT2D eigenvalue weighted by Crippen LogP contribution is -2.57. The summed E-state index contributed by atoms with van der Waals surface area (Å²) in [5.74, 6) is -1.64. The van der Waals surface area contributed by atoms with Crippen molar-refractivity contribution in [3.05, 3.63) is 83.9 Å². The SMILES string of the molecule is COc1ccc(CN(C(=O)CN2C(=O)C(=O)c3ccccc32)C(C)(C)C(=O)Nc2ccc(N(C)C)cc2)cc1. The van der Waals surface area contributed by atoms with Crippen molar-refractivity contribution in [1.82, 2.24) is 4.90 Å². The molecule has 3 aromatic carbocycles. The van der Waals surface area contributed by atoms with Gasteiger partial charge in [0.1, 0.15) is 17.8 Å². The van der Waals surface area contributed by atoms with Crippen LogP contribution in [0.15, 0.2) is 72.8 Å². The summed E-state index contributed by atoms with van der Waals surface area (Å²) in [6.07, 6.45) is 0. The van der Waals surface area contributed by atoms with E-state index < -0.39 is 29.0 Å². The van der Waals surface area contributed by atoms with Crippen LogP contribution in [0.5, 0.6) is 5.75 Å². The van der Waals surface area contributed by atoms with Gasteiger partial charge < -0.3 is 19.9 Å².